The number of sulfonamides is 1. The molecule has 0 spiro atoms. The van der Waals surface area contributed by atoms with E-state index in [0.717, 1.165) is 19.0 Å². The van der Waals surface area contributed by atoms with Crippen LogP contribution in [0.5, 0.6) is 0 Å². The molecule has 0 radical (unpaired) electrons. The molecule has 1 saturated heterocycles. The molecular weight excluding hydrogens is 308 g/mol. The number of likely N-dealkylation sites (tertiary alicyclic amines) is 1. The smallest absolute Gasteiger partial charge is 0.242 e. The minimum Gasteiger partial charge on any atom is -0.299 e. The van der Waals surface area contributed by atoms with Crippen molar-refractivity contribution in [2.45, 2.75) is 37.6 Å². The van der Waals surface area contributed by atoms with Gasteiger partial charge < -0.3 is 0 Å². The molecular formula is C15H23ClN2O2S. The lowest BCUT2D eigenvalue weighted by atomic mass is 9.98. The molecule has 1 atom stereocenters. The van der Waals surface area contributed by atoms with Crippen LogP contribution in [0.25, 0.3) is 0 Å². The highest BCUT2D eigenvalue weighted by atomic mass is 35.5. The van der Waals surface area contributed by atoms with Crippen molar-refractivity contribution < 1.29 is 8.42 Å². The highest BCUT2D eigenvalue weighted by Crippen LogP contribution is 2.21. The Morgan fingerprint density at radius 3 is 2.57 bits per heavy atom. The Hall–Kier alpha value is -0.620. The van der Waals surface area contributed by atoms with Gasteiger partial charge in [-0.2, -0.15) is 0 Å². The average molecular weight is 331 g/mol. The van der Waals surface area contributed by atoms with Crippen LogP contribution in [0.2, 0.25) is 5.02 Å². The minimum atomic E-state index is -3.54. The number of benzene rings is 1. The molecule has 6 heteroatoms. The molecule has 118 valence electrons. The lowest BCUT2D eigenvalue weighted by molar-refractivity contribution is 0.148. The van der Waals surface area contributed by atoms with Crippen LogP contribution in [0.3, 0.4) is 0 Å². The molecule has 0 amide bonds. The summed E-state index contributed by atoms with van der Waals surface area (Å²) in [7, 11) is -3.54. The van der Waals surface area contributed by atoms with Gasteiger partial charge in [-0.05, 0) is 50.9 Å². The summed E-state index contributed by atoms with van der Waals surface area (Å²) in [4.78, 5) is 2.49. The first-order valence-electron chi connectivity index (χ1n) is 7.38. The van der Waals surface area contributed by atoms with Crippen molar-refractivity contribution in [2.24, 2.45) is 5.92 Å². The summed E-state index contributed by atoms with van der Waals surface area (Å²) in [5.74, 6) is 0.772. The molecule has 0 aliphatic carbocycles. The Kier molecular flexibility index (Phi) is 5.66. The van der Waals surface area contributed by atoms with Crippen LogP contribution in [0.15, 0.2) is 29.2 Å². The maximum atomic E-state index is 12.3. The molecule has 1 heterocycles. The quantitative estimate of drug-likeness (QED) is 0.903. The van der Waals surface area contributed by atoms with Gasteiger partial charge in [-0.15, -0.1) is 0 Å². The van der Waals surface area contributed by atoms with Gasteiger partial charge in [0, 0.05) is 12.6 Å². The summed E-state index contributed by atoms with van der Waals surface area (Å²) in [6, 6.07) is 6.70. The van der Waals surface area contributed by atoms with Gasteiger partial charge in [-0.1, -0.05) is 30.7 Å². The maximum Gasteiger partial charge on any atom is 0.242 e. The molecule has 1 aromatic carbocycles. The van der Waals surface area contributed by atoms with Crippen LogP contribution in [0.4, 0.5) is 0 Å². The van der Waals surface area contributed by atoms with Crippen molar-refractivity contribution in [3.63, 3.8) is 0 Å². The molecule has 1 unspecified atom stereocenters. The number of piperidine rings is 1. The molecule has 0 saturated carbocycles. The van der Waals surface area contributed by atoms with E-state index in [4.69, 9.17) is 11.6 Å². The van der Waals surface area contributed by atoms with Gasteiger partial charge in [0.2, 0.25) is 10.0 Å². The number of hydrogen-bond acceptors (Lipinski definition) is 3. The van der Waals surface area contributed by atoms with Gasteiger partial charge in [-0.25, -0.2) is 13.1 Å². The predicted octanol–water partition coefficient (Wildman–Crippen LogP) is 2.74. The maximum absolute atomic E-state index is 12.3. The van der Waals surface area contributed by atoms with Crippen LogP contribution in [0.1, 0.15) is 26.7 Å². The molecule has 2 rings (SSSR count). The molecule has 1 fully saturated rings. The third kappa shape index (κ3) is 4.42. The van der Waals surface area contributed by atoms with Crippen molar-refractivity contribution in [1.82, 2.24) is 9.62 Å². The van der Waals surface area contributed by atoms with Crippen LogP contribution < -0.4 is 4.72 Å². The fraction of sp³-hybridized carbons (Fsp3) is 0.600. The van der Waals surface area contributed by atoms with E-state index in [1.807, 2.05) is 0 Å². The third-order valence-electron chi connectivity index (χ3n) is 4.14. The van der Waals surface area contributed by atoms with E-state index in [9.17, 15) is 8.42 Å². The zero-order valence-corrected chi connectivity index (χ0v) is 14.1. The normalized spacial score (nSPS) is 19.6. The van der Waals surface area contributed by atoms with Crippen molar-refractivity contribution in [1.29, 1.82) is 0 Å². The van der Waals surface area contributed by atoms with E-state index < -0.39 is 10.0 Å². The SMILES string of the molecule is CC1CCN(C(C)CNS(=O)(=O)c2ccccc2Cl)CC1. The fourth-order valence-corrected chi connectivity index (χ4v) is 4.21. The lowest BCUT2D eigenvalue weighted by Gasteiger charge is -2.34. The highest BCUT2D eigenvalue weighted by Gasteiger charge is 2.23. The Morgan fingerprint density at radius 1 is 1.33 bits per heavy atom. The predicted molar refractivity (Wildman–Crippen MR) is 86.1 cm³/mol. The lowest BCUT2D eigenvalue weighted by Crippen LogP contribution is -2.45. The molecule has 0 aromatic heterocycles. The first kappa shape index (κ1) is 16.7. The first-order chi connectivity index (χ1) is 9.90. The molecule has 1 aliphatic rings. The van der Waals surface area contributed by atoms with E-state index in [2.05, 4.69) is 23.5 Å². The summed E-state index contributed by atoms with van der Waals surface area (Å²) in [6.45, 7) is 6.81. The molecule has 1 N–H and O–H groups in total. The zero-order chi connectivity index (χ0) is 15.5. The molecule has 21 heavy (non-hydrogen) atoms. The summed E-state index contributed by atoms with van der Waals surface area (Å²) < 4.78 is 27.2. The van der Waals surface area contributed by atoms with E-state index in [-0.39, 0.29) is 16.0 Å². The summed E-state index contributed by atoms with van der Waals surface area (Å²) in [6.07, 6.45) is 2.36. The van der Waals surface area contributed by atoms with Gasteiger partial charge in [0.25, 0.3) is 0 Å². The van der Waals surface area contributed by atoms with E-state index in [1.54, 1.807) is 18.2 Å². The van der Waals surface area contributed by atoms with Crippen molar-refractivity contribution in [2.75, 3.05) is 19.6 Å². The standard InChI is InChI=1S/C15H23ClN2O2S/c1-12-7-9-18(10-8-12)13(2)11-17-21(19,20)15-6-4-3-5-14(15)16/h3-6,12-13,17H,7-11H2,1-2H3. The molecule has 4 nitrogen and oxygen atoms in total. The number of nitrogens with zero attached hydrogens (tertiary/aromatic N) is 1. The Bertz CT molecular complexity index is 569. The highest BCUT2D eigenvalue weighted by molar-refractivity contribution is 7.89. The number of rotatable bonds is 5. The monoisotopic (exact) mass is 330 g/mol. The summed E-state index contributed by atoms with van der Waals surface area (Å²) >= 11 is 5.96. The second-order valence-corrected chi connectivity index (χ2v) is 7.99. The van der Waals surface area contributed by atoms with E-state index >= 15 is 0 Å². The fourth-order valence-electron chi connectivity index (χ4n) is 2.57. The topological polar surface area (TPSA) is 49.4 Å². The van der Waals surface area contributed by atoms with Crippen LogP contribution in [0, 0.1) is 5.92 Å². The summed E-state index contributed by atoms with van der Waals surface area (Å²) in [5.41, 5.74) is 0. The van der Waals surface area contributed by atoms with E-state index in [1.165, 1.54) is 18.9 Å². The van der Waals surface area contributed by atoms with Gasteiger partial charge in [0.05, 0.1) is 5.02 Å². The summed E-state index contributed by atoms with van der Waals surface area (Å²) in [5, 5.41) is 0.254. The molecule has 1 aromatic rings. The second kappa shape index (κ2) is 7.09. The van der Waals surface area contributed by atoms with Crippen molar-refractivity contribution >= 4 is 21.6 Å². The van der Waals surface area contributed by atoms with Gasteiger partial charge in [-0.3, -0.25) is 4.90 Å². The largest absolute Gasteiger partial charge is 0.299 e. The molecule has 0 bridgehead atoms. The first-order valence-corrected chi connectivity index (χ1v) is 9.24. The van der Waals surface area contributed by atoms with Gasteiger partial charge in [0.15, 0.2) is 0 Å². The zero-order valence-electron chi connectivity index (χ0n) is 12.5. The Labute approximate surface area is 132 Å². The van der Waals surface area contributed by atoms with Crippen molar-refractivity contribution in [3.8, 4) is 0 Å². The molecule has 1 aliphatic heterocycles. The minimum absolute atomic E-state index is 0.145. The van der Waals surface area contributed by atoms with Crippen molar-refractivity contribution in [3.05, 3.63) is 29.3 Å². The average Bonchev–Trinajstić information content (AvgIpc) is 2.46. The Balaban J connectivity index is 1.94. The van der Waals surface area contributed by atoms with Crippen LogP contribution in [-0.2, 0) is 10.0 Å². The second-order valence-electron chi connectivity index (χ2n) is 5.85. The number of nitrogens with one attached hydrogen (secondary N) is 1. The van der Waals surface area contributed by atoms with Crippen LogP contribution >= 0.6 is 11.6 Å². The number of halogens is 1. The van der Waals surface area contributed by atoms with Gasteiger partial charge in [0.1, 0.15) is 4.90 Å². The van der Waals surface area contributed by atoms with Gasteiger partial charge >= 0.3 is 0 Å². The van der Waals surface area contributed by atoms with E-state index in [0.29, 0.717) is 6.54 Å². The van der Waals surface area contributed by atoms with Crippen LogP contribution in [-0.4, -0.2) is 39.0 Å². The third-order valence-corrected chi connectivity index (χ3v) is 6.06. The number of hydrogen-bond donors (Lipinski definition) is 1. The Morgan fingerprint density at radius 2 is 1.95 bits per heavy atom.